The van der Waals surface area contributed by atoms with E-state index in [1.165, 1.54) is 6.92 Å². The maximum absolute atomic E-state index is 13.7. The average molecular weight is 214 g/mol. The summed E-state index contributed by atoms with van der Waals surface area (Å²) >= 11 is 0. The average Bonchev–Trinajstić information content (AvgIpc) is 2.20. The van der Waals surface area contributed by atoms with Crippen LogP contribution < -0.4 is 0 Å². The van der Waals surface area contributed by atoms with Crippen LogP contribution in [0, 0.1) is 24.5 Å². The first-order valence-electron chi connectivity index (χ1n) is 5.13. The van der Waals surface area contributed by atoms with Crippen LogP contribution in [0.15, 0.2) is 6.07 Å². The first-order chi connectivity index (χ1) is 7.02. The van der Waals surface area contributed by atoms with Gasteiger partial charge >= 0.3 is 0 Å². The van der Waals surface area contributed by atoms with Gasteiger partial charge in [-0.2, -0.15) is 0 Å². The van der Waals surface area contributed by atoms with Crippen LogP contribution in [0.4, 0.5) is 13.2 Å². The van der Waals surface area contributed by atoms with Crippen molar-refractivity contribution in [2.75, 3.05) is 0 Å². The Morgan fingerprint density at radius 1 is 1.27 bits per heavy atom. The van der Waals surface area contributed by atoms with Crippen molar-refractivity contribution in [1.82, 2.24) is 0 Å². The van der Waals surface area contributed by atoms with E-state index in [0.717, 1.165) is 0 Å². The van der Waals surface area contributed by atoms with Crippen LogP contribution in [0.2, 0.25) is 0 Å². The molecule has 0 aromatic heterocycles. The molecule has 0 nitrogen and oxygen atoms in total. The van der Waals surface area contributed by atoms with Gasteiger partial charge in [-0.3, -0.25) is 0 Å². The molecule has 1 aromatic rings. The lowest BCUT2D eigenvalue weighted by molar-refractivity contribution is 0.212. The molecular formula is C12H13F3. The SMILES string of the molecule is Cc1cc2c(c(F)c1F)C(F)C(C)CC2. The van der Waals surface area contributed by atoms with Gasteiger partial charge in [0.25, 0.3) is 0 Å². The Morgan fingerprint density at radius 3 is 2.60 bits per heavy atom. The molecule has 0 heterocycles. The monoisotopic (exact) mass is 214 g/mol. The van der Waals surface area contributed by atoms with E-state index < -0.39 is 17.8 Å². The van der Waals surface area contributed by atoms with Crippen molar-refractivity contribution in [1.29, 1.82) is 0 Å². The van der Waals surface area contributed by atoms with Gasteiger partial charge in [0, 0.05) is 5.56 Å². The first kappa shape index (κ1) is 10.5. The van der Waals surface area contributed by atoms with Crippen molar-refractivity contribution in [3.63, 3.8) is 0 Å². The fourth-order valence-corrected chi connectivity index (χ4v) is 2.15. The van der Waals surface area contributed by atoms with E-state index in [1.54, 1.807) is 13.0 Å². The van der Waals surface area contributed by atoms with Gasteiger partial charge in [0.15, 0.2) is 11.6 Å². The lowest BCUT2D eigenvalue weighted by atomic mass is 9.82. The lowest BCUT2D eigenvalue weighted by Gasteiger charge is -2.26. The highest BCUT2D eigenvalue weighted by Crippen LogP contribution is 2.39. The molecule has 0 bridgehead atoms. The minimum absolute atomic E-state index is 0.0585. The zero-order chi connectivity index (χ0) is 11.2. The number of hydrogen-bond donors (Lipinski definition) is 0. The minimum atomic E-state index is -1.37. The Morgan fingerprint density at radius 2 is 1.93 bits per heavy atom. The van der Waals surface area contributed by atoms with E-state index in [4.69, 9.17) is 0 Å². The Labute approximate surface area is 87.1 Å². The van der Waals surface area contributed by atoms with Crippen LogP contribution >= 0.6 is 0 Å². The summed E-state index contributed by atoms with van der Waals surface area (Å²) in [5.41, 5.74) is 0.821. The maximum atomic E-state index is 13.7. The number of benzene rings is 1. The summed E-state index contributed by atoms with van der Waals surface area (Å²) in [7, 11) is 0. The van der Waals surface area contributed by atoms with Gasteiger partial charge in [-0.25, -0.2) is 13.2 Å². The fraction of sp³-hybridized carbons (Fsp3) is 0.500. The molecule has 0 radical (unpaired) electrons. The summed E-state index contributed by atoms with van der Waals surface area (Å²) in [6.07, 6.45) is -0.0444. The van der Waals surface area contributed by atoms with Gasteiger partial charge in [-0.1, -0.05) is 13.0 Å². The van der Waals surface area contributed by atoms with E-state index in [-0.39, 0.29) is 17.0 Å². The molecule has 0 amide bonds. The zero-order valence-corrected chi connectivity index (χ0v) is 8.78. The Kier molecular flexibility index (Phi) is 2.49. The van der Waals surface area contributed by atoms with Crippen LogP contribution in [0.3, 0.4) is 0 Å². The van der Waals surface area contributed by atoms with Crippen LogP contribution in [0.25, 0.3) is 0 Å². The van der Waals surface area contributed by atoms with E-state index in [1.807, 2.05) is 0 Å². The first-order valence-corrected chi connectivity index (χ1v) is 5.13. The molecule has 0 saturated carbocycles. The van der Waals surface area contributed by atoms with E-state index in [9.17, 15) is 13.2 Å². The third kappa shape index (κ3) is 1.54. The van der Waals surface area contributed by atoms with E-state index in [0.29, 0.717) is 18.4 Å². The van der Waals surface area contributed by atoms with Gasteiger partial charge in [-0.05, 0) is 36.8 Å². The summed E-state index contributed by atoms with van der Waals surface area (Å²) in [5.74, 6) is -2.14. The molecule has 0 N–H and O–H groups in total. The number of hydrogen-bond acceptors (Lipinski definition) is 0. The van der Waals surface area contributed by atoms with Crippen molar-refractivity contribution < 1.29 is 13.2 Å². The second kappa shape index (κ2) is 3.54. The smallest absolute Gasteiger partial charge is 0.165 e. The lowest BCUT2D eigenvalue weighted by Crippen LogP contribution is -2.18. The Hall–Kier alpha value is -0.990. The zero-order valence-electron chi connectivity index (χ0n) is 8.78. The van der Waals surface area contributed by atoms with Crippen LogP contribution in [-0.2, 0) is 6.42 Å². The topological polar surface area (TPSA) is 0 Å². The quantitative estimate of drug-likeness (QED) is 0.615. The predicted molar refractivity (Wildman–Crippen MR) is 52.4 cm³/mol. The molecule has 2 unspecified atom stereocenters. The summed E-state index contributed by atoms with van der Waals surface area (Å²) in [6, 6.07) is 1.56. The second-order valence-electron chi connectivity index (χ2n) is 4.31. The summed E-state index contributed by atoms with van der Waals surface area (Å²) in [6.45, 7) is 3.23. The maximum Gasteiger partial charge on any atom is 0.165 e. The summed E-state index contributed by atoms with van der Waals surface area (Å²) in [5, 5.41) is 0. The highest BCUT2D eigenvalue weighted by Gasteiger charge is 2.31. The van der Waals surface area contributed by atoms with Gasteiger partial charge in [-0.15, -0.1) is 0 Å². The Bertz CT molecular complexity index is 398. The van der Waals surface area contributed by atoms with Crippen molar-refractivity contribution in [2.24, 2.45) is 5.92 Å². The number of fused-ring (bicyclic) bond motifs is 1. The third-order valence-electron chi connectivity index (χ3n) is 3.16. The molecular weight excluding hydrogens is 201 g/mol. The Balaban J connectivity index is 2.62. The van der Waals surface area contributed by atoms with E-state index in [2.05, 4.69) is 0 Å². The molecule has 1 aliphatic rings. The van der Waals surface area contributed by atoms with Crippen LogP contribution in [-0.4, -0.2) is 0 Å². The second-order valence-corrected chi connectivity index (χ2v) is 4.31. The highest BCUT2D eigenvalue weighted by molar-refractivity contribution is 5.37. The number of halogens is 3. The minimum Gasteiger partial charge on any atom is -0.242 e. The van der Waals surface area contributed by atoms with Gasteiger partial charge in [0.1, 0.15) is 6.17 Å². The van der Waals surface area contributed by atoms with Gasteiger partial charge in [0.2, 0.25) is 0 Å². The van der Waals surface area contributed by atoms with Crippen molar-refractivity contribution in [3.05, 3.63) is 34.4 Å². The number of aryl methyl sites for hydroxylation is 2. The standard InChI is InChI=1S/C12H13F3/c1-6-3-4-8-5-7(2)11(14)12(15)9(8)10(6)13/h5-6,10H,3-4H2,1-2H3. The van der Waals surface area contributed by atoms with E-state index >= 15 is 0 Å². The molecule has 0 spiro atoms. The number of alkyl halides is 1. The summed E-state index contributed by atoms with van der Waals surface area (Å²) < 4.78 is 40.6. The highest BCUT2D eigenvalue weighted by atomic mass is 19.2. The van der Waals surface area contributed by atoms with Crippen LogP contribution in [0.1, 0.15) is 36.2 Å². The predicted octanol–water partition coefficient (Wildman–Crippen LogP) is 3.87. The fourth-order valence-electron chi connectivity index (χ4n) is 2.15. The molecule has 0 fully saturated rings. The van der Waals surface area contributed by atoms with Crippen molar-refractivity contribution >= 4 is 0 Å². The molecule has 0 aliphatic heterocycles. The summed E-state index contributed by atoms with van der Waals surface area (Å²) in [4.78, 5) is 0. The van der Waals surface area contributed by atoms with Crippen LogP contribution in [0.5, 0.6) is 0 Å². The van der Waals surface area contributed by atoms with Gasteiger partial charge < -0.3 is 0 Å². The van der Waals surface area contributed by atoms with Crippen molar-refractivity contribution in [2.45, 2.75) is 32.9 Å². The molecule has 1 aromatic carbocycles. The molecule has 3 heteroatoms. The number of rotatable bonds is 0. The molecule has 15 heavy (non-hydrogen) atoms. The van der Waals surface area contributed by atoms with Gasteiger partial charge in [0.05, 0.1) is 0 Å². The largest absolute Gasteiger partial charge is 0.242 e. The third-order valence-corrected chi connectivity index (χ3v) is 3.16. The molecule has 2 atom stereocenters. The molecule has 2 rings (SSSR count). The molecule has 0 saturated heterocycles. The molecule has 82 valence electrons. The normalized spacial score (nSPS) is 25.1. The molecule has 1 aliphatic carbocycles. The van der Waals surface area contributed by atoms with Crippen molar-refractivity contribution in [3.8, 4) is 0 Å².